The molecule has 156 valence electrons. The normalized spacial score (nSPS) is 21.4. The monoisotopic (exact) mass is 396 g/mol. The third kappa shape index (κ3) is 6.61. The van der Waals surface area contributed by atoms with Crippen LogP contribution in [-0.2, 0) is 14.3 Å². The number of hydrogen-bond donors (Lipinski definition) is 4. The summed E-state index contributed by atoms with van der Waals surface area (Å²) >= 11 is 0. The van der Waals surface area contributed by atoms with Gasteiger partial charge < -0.3 is 15.6 Å². The van der Waals surface area contributed by atoms with Crippen molar-refractivity contribution in [3.8, 4) is 0 Å². The Labute approximate surface area is 162 Å². The van der Waals surface area contributed by atoms with E-state index in [4.69, 9.17) is 15.7 Å². The van der Waals surface area contributed by atoms with Crippen LogP contribution in [0.25, 0.3) is 0 Å². The van der Waals surface area contributed by atoms with E-state index >= 15 is 0 Å². The lowest BCUT2D eigenvalue weighted by Gasteiger charge is -2.17. The first kappa shape index (κ1) is 21.8. The minimum absolute atomic E-state index is 0.0228. The van der Waals surface area contributed by atoms with Gasteiger partial charge in [-0.3, -0.25) is 19.4 Å². The molecule has 0 saturated heterocycles. The van der Waals surface area contributed by atoms with Crippen molar-refractivity contribution in [2.75, 3.05) is 12.3 Å². The van der Waals surface area contributed by atoms with E-state index < -0.39 is 23.7 Å². The van der Waals surface area contributed by atoms with Crippen LogP contribution in [0.4, 0.5) is 5.82 Å². The smallest absolute Gasteiger partial charge is 0.349 e. The van der Waals surface area contributed by atoms with Crippen LogP contribution in [0.15, 0.2) is 17.1 Å². The highest BCUT2D eigenvalue weighted by atomic mass is 16.5. The van der Waals surface area contributed by atoms with E-state index in [0.29, 0.717) is 32.1 Å². The summed E-state index contributed by atoms with van der Waals surface area (Å²) in [6.07, 6.45) is 5.26. The summed E-state index contributed by atoms with van der Waals surface area (Å²) in [5, 5.41) is 18.6. The second-order valence-corrected chi connectivity index (χ2v) is 7.15. The maximum atomic E-state index is 11.9. The molecule has 1 aliphatic rings. The number of anilines is 1. The number of aliphatic hydroxyl groups excluding tert-OH is 1. The van der Waals surface area contributed by atoms with E-state index in [0.717, 1.165) is 12.8 Å². The second kappa shape index (κ2) is 10.8. The van der Waals surface area contributed by atoms with E-state index in [-0.39, 0.29) is 30.7 Å². The summed E-state index contributed by atoms with van der Waals surface area (Å²) in [7, 11) is 0. The van der Waals surface area contributed by atoms with Crippen LogP contribution in [0.2, 0.25) is 0 Å². The van der Waals surface area contributed by atoms with Gasteiger partial charge in [-0.2, -0.15) is 4.98 Å². The van der Waals surface area contributed by atoms with E-state index in [1.165, 1.54) is 16.8 Å². The minimum atomic E-state index is -0.706. The quantitative estimate of drug-likeness (QED) is 0.193. The zero-order valence-corrected chi connectivity index (χ0v) is 15.7. The molecule has 0 spiro atoms. The van der Waals surface area contributed by atoms with Crippen molar-refractivity contribution in [1.29, 1.82) is 0 Å². The number of nitrogens with zero attached hydrogens (tertiary/aromatic N) is 2. The van der Waals surface area contributed by atoms with Gasteiger partial charge in [0.2, 0.25) is 5.91 Å². The fraction of sp³-hybridized carbons (Fsp3) is 0.667. The summed E-state index contributed by atoms with van der Waals surface area (Å²) in [6.45, 7) is 0.209. The summed E-state index contributed by atoms with van der Waals surface area (Å²) in [5.41, 5.74) is 6.56. The summed E-state index contributed by atoms with van der Waals surface area (Å²) in [6, 6.07) is 1.11. The molecule has 1 heterocycles. The molecule has 10 nitrogen and oxygen atoms in total. The standard InChI is InChI=1S/C18H28N4O6/c19-15-7-8-22(18(26)20-15)13-9-12(10-14(13)23)11-28-17(25)6-4-2-1-3-5-16(24)21-27/h7-8,12-14,23,27H,1-6,9-11H2,(H,21,24)(H2,19,20,26). The Kier molecular flexibility index (Phi) is 8.40. The van der Waals surface area contributed by atoms with Crippen molar-refractivity contribution >= 4 is 17.7 Å². The van der Waals surface area contributed by atoms with Crippen molar-refractivity contribution in [2.45, 2.75) is 63.5 Å². The van der Waals surface area contributed by atoms with E-state index in [9.17, 15) is 19.5 Å². The van der Waals surface area contributed by atoms with Gasteiger partial charge in [0.1, 0.15) is 5.82 Å². The van der Waals surface area contributed by atoms with Gasteiger partial charge in [-0.25, -0.2) is 10.3 Å². The maximum absolute atomic E-state index is 11.9. The number of esters is 1. The van der Waals surface area contributed by atoms with Crippen LogP contribution in [0.5, 0.6) is 0 Å². The Bertz CT molecular complexity index is 722. The Morgan fingerprint density at radius 2 is 1.96 bits per heavy atom. The van der Waals surface area contributed by atoms with Crippen LogP contribution in [0, 0.1) is 5.92 Å². The number of hydroxylamine groups is 1. The number of hydrogen-bond acceptors (Lipinski definition) is 8. The number of amides is 1. The summed E-state index contributed by atoms with van der Waals surface area (Å²) < 4.78 is 6.67. The van der Waals surface area contributed by atoms with Gasteiger partial charge in [0, 0.05) is 19.0 Å². The third-order valence-electron chi connectivity index (χ3n) is 4.94. The Morgan fingerprint density at radius 1 is 1.25 bits per heavy atom. The number of nitrogens with one attached hydrogen (secondary N) is 1. The third-order valence-corrected chi connectivity index (χ3v) is 4.94. The van der Waals surface area contributed by atoms with Crippen LogP contribution in [-0.4, -0.2) is 44.5 Å². The molecule has 0 aliphatic heterocycles. The zero-order chi connectivity index (χ0) is 20.5. The second-order valence-electron chi connectivity index (χ2n) is 7.15. The Morgan fingerprint density at radius 3 is 2.64 bits per heavy atom. The fourth-order valence-electron chi connectivity index (χ4n) is 3.45. The zero-order valence-electron chi connectivity index (χ0n) is 15.7. The van der Waals surface area contributed by atoms with Crippen molar-refractivity contribution < 1.29 is 24.6 Å². The number of ether oxygens (including phenoxy) is 1. The number of nitrogen functional groups attached to an aromatic ring is 1. The molecule has 1 amide bonds. The van der Waals surface area contributed by atoms with Gasteiger partial charge >= 0.3 is 11.7 Å². The molecule has 1 aliphatic carbocycles. The first-order chi connectivity index (χ1) is 13.4. The first-order valence-electron chi connectivity index (χ1n) is 9.52. The average Bonchev–Trinajstić information content (AvgIpc) is 3.03. The van der Waals surface area contributed by atoms with Crippen molar-refractivity contribution in [2.24, 2.45) is 5.92 Å². The van der Waals surface area contributed by atoms with Crippen molar-refractivity contribution in [3.63, 3.8) is 0 Å². The summed E-state index contributed by atoms with van der Waals surface area (Å²) in [4.78, 5) is 38.3. The SMILES string of the molecule is Nc1ccn(C2CC(COC(=O)CCCCCCC(=O)NO)CC2O)c(=O)n1. The Hall–Kier alpha value is -2.46. The molecule has 28 heavy (non-hydrogen) atoms. The van der Waals surface area contributed by atoms with Gasteiger partial charge in [0.05, 0.1) is 18.8 Å². The molecule has 3 atom stereocenters. The number of carbonyl (C=O) groups excluding carboxylic acids is 2. The molecular formula is C18H28N4O6. The highest BCUT2D eigenvalue weighted by Gasteiger charge is 2.35. The minimum Gasteiger partial charge on any atom is -0.465 e. The molecule has 3 unspecified atom stereocenters. The lowest BCUT2D eigenvalue weighted by atomic mass is 10.1. The van der Waals surface area contributed by atoms with E-state index in [2.05, 4.69) is 4.98 Å². The van der Waals surface area contributed by atoms with Crippen LogP contribution in [0.1, 0.15) is 57.4 Å². The van der Waals surface area contributed by atoms with Crippen molar-refractivity contribution in [1.82, 2.24) is 15.0 Å². The number of nitrogens with two attached hydrogens (primary N) is 1. The lowest BCUT2D eigenvalue weighted by molar-refractivity contribution is -0.145. The highest BCUT2D eigenvalue weighted by molar-refractivity contribution is 5.74. The average molecular weight is 396 g/mol. The molecule has 10 heteroatoms. The van der Waals surface area contributed by atoms with Crippen molar-refractivity contribution in [3.05, 3.63) is 22.7 Å². The van der Waals surface area contributed by atoms with Gasteiger partial charge in [0.25, 0.3) is 0 Å². The van der Waals surface area contributed by atoms with Gasteiger partial charge in [-0.1, -0.05) is 12.8 Å². The molecule has 0 aromatic carbocycles. The Balaban J connectivity index is 1.66. The summed E-state index contributed by atoms with van der Waals surface area (Å²) in [5.74, 6) is -0.591. The van der Waals surface area contributed by atoms with Gasteiger partial charge in [-0.05, 0) is 37.7 Å². The molecule has 1 aromatic heterocycles. The van der Waals surface area contributed by atoms with E-state index in [1.807, 2.05) is 0 Å². The number of aliphatic hydroxyl groups is 1. The molecule has 1 aromatic rings. The molecule has 5 N–H and O–H groups in total. The molecule has 2 rings (SSSR count). The topological polar surface area (TPSA) is 157 Å². The van der Waals surface area contributed by atoms with Gasteiger partial charge in [-0.15, -0.1) is 0 Å². The van der Waals surface area contributed by atoms with Gasteiger partial charge in [0.15, 0.2) is 0 Å². The number of aromatic nitrogens is 2. The molecule has 1 saturated carbocycles. The predicted molar refractivity (Wildman–Crippen MR) is 99.3 cm³/mol. The molecule has 1 fully saturated rings. The highest BCUT2D eigenvalue weighted by Crippen LogP contribution is 2.34. The number of carbonyl (C=O) groups is 2. The maximum Gasteiger partial charge on any atom is 0.349 e. The largest absolute Gasteiger partial charge is 0.465 e. The van der Waals surface area contributed by atoms with Crippen LogP contribution < -0.4 is 16.9 Å². The molecule has 0 bridgehead atoms. The van der Waals surface area contributed by atoms with Crippen LogP contribution >= 0.6 is 0 Å². The molecular weight excluding hydrogens is 368 g/mol. The number of unbranched alkanes of at least 4 members (excludes halogenated alkanes) is 3. The van der Waals surface area contributed by atoms with E-state index in [1.54, 1.807) is 5.48 Å². The van der Waals surface area contributed by atoms with Crippen LogP contribution in [0.3, 0.4) is 0 Å². The molecule has 0 radical (unpaired) electrons. The fourth-order valence-corrected chi connectivity index (χ4v) is 3.45. The number of rotatable bonds is 10. The lowest BCUT2D eigenvalue weighted by Crippen LogP contribution is -2.30. The first-order valence-corrected chi connectivity index (χ1v) is 9.52. The predicted octanol–water partition coefficient (Wildman–Crippen LogP) is 0.527.